The van der Waals surface area contributed by atoms with Gasteiger partial charge in [0.2, 0.25) is 5.91 Å². The van der Waals surface area contributed by atoms with Gasteiger partial charge in [-0.3, -0.25) is 4.79 Å². The Morgan fingerprint density at radius 3 is 2.12 bits per heavy atom. The van der Waals surface area contributed by atoms with Gasteiger partial charge in [-0.25, -0.2) is 0 Å². The van der Waals surface area contributed by atoms with Crippen LogP contribution >= 0.6 is 0 Å². The monoisotopic (exact) mass is 228 g/mol. The summed E-state index contributed by atoms with van der Waals surface area (Å²) in [6.45, 7) is 12.2. The summed E-state index contributed by atoms with van der Waals surface area (Å²) in [5.74, 6) is 0.707. The fraction of sp³-hybridized carbons (Fsp3) is 0.923. The minimum atomic E-state index is 0.0809. The lowest BCUT2D eigenvalue weighted by molar-refractivity contribution is -0.136. The van der Waals surface area contributed by atoms with Gasteiger partial charge in [-0.15, -0.1) is 0 Å². The van der Waals surface area contributed by atoms with E-state index in [2.05, 4.69) is 39.9 Å². The molecule has 16 heavy (non-hydrogen) atoms. The zero-order valence-corrected chi connectivity index (χ0v) is 11.9. The maximum absolute atomic E-state index is 12.2. The molecule has 0 aromatic carbocycles. The van der Waals surface area contributed by atoms with E-state index in [1.54, 1.807) is 0 Å². The summed E-state index contributed by atoms with van der Waals surface area (Å²) in [4.78, 5) is 14.1. The number of carbonyl (C=O) groups excluding carboxylic acids is 1. The third-order valence-corrected chi connectivity index (χ3v) is 2.63. The topological polar surface area (TPSA) is 32.3 Å². The molecule has 1 amide bonds. The van der Waals surface area contributed by atoms with Crippen molar-refractivity contribution in [2.75, 3.05) is 27.2 Å². The predicted molar refractivity (Wildman–Crippen MR) is 69.3 cm³/mol. The molecule has 0 saturated heterocycles. The van der Waals surface area contributed by atoms with E-state index >= 15 is 0 Å². The van der Waals surface area contributed by atoms with Gasteiger partial charge in [0.25, 0.3) is 0 Å². The first kappa shape index (κ1) is 15.4. The normalized spacial score (nSPS) is 14.0. The van der Waals surface area contributed by atoms with Crippen LogP contribution in [0.5, 0.6) is 0 Å². The Morgan fingerprint density at radius 2 is 1.81 bits per heavy atom. The van der Waals surface area contributed by atoms with Gasteiger partial charge >= 0.3 is 0 Å². The summed E-state index contributed by atoms with van der Waals surface area (Å²) in [7, 11) is 3.80. The van der Waals surface area contributed by atoms with Crippen LogP contribution in [0, 0.1) is 17.3 Å². The van der Waals surface area contributed by atoms with Crippen LogP contribution in [0.25, 0.3) is 0 Å². The van der Waals surface area contributed by atoms with Crippen molar-refractivity contribution < 1.29 is 4.79 Å². The molecule has 0 aromatic rings. The molecular weight excluding hydrogens is 200 g/mol. The van der Waals surface area contributed by atoms with Crippen molar-refractivity contribution in [3.8, 4) is 0 Å². The van der Waals surface area contributed by atoms with Crippen molar-refractivity contribution in [1.82, 2.24) is 10.2 Å². The summed E-state index contributed by atoms with van der Waals surface area (Å²) in [5, 5.41) is 3.10. The van der Waals surface area contributed by atoms with E-state index in [4.69, 9.17) is 0 Å². The molecule has 0 rings (SSSR count). The molecule has 0 aliphatic heterocycles. The molecule has 0 aliphatic carbocycles. The van der Waals surface area contributed by atoms with Gasteiger partial charge in [0.05, 0.1) is 5.92 Å². The quantitative estimate of drug-likeness (QED) is 0.780. The summed E-state index contributed by atoms with van der Waals surface area (Å²) in [5.41, 5.74) is 0.158. The van der Waals surface area contributed by atoms with Gasteiger partial charge < -0.3 is 10.2 Å². The molecule has 3 heteroatoms. The van der Waals surface area contributed by atoms with E-state index in [-0.39, 0.29) is 17.2 Å². The minimum absolute atomic E-state index is 0.0809. The first-order valence-corrected chi connectivity index (χ1v) is 6.08. The summed E-state index contributed by atoms with van der Waals surface area (Å²) >= 11 is 0. The molecule has 0 heterocycles. The number of rotatable bonds is 5. The molecule has 0 fully saturated rings. The number of hydrogen-bond donors (Lipinski definition) is 1. The molecule has 0 radical (unpaired) electrons. The number of nitrogens with zero attached hydrogens (tertiary/aromatic N) is 1. The van der Waals surface area contributed by atoms with E-state index in [1.807, 2.05) is 19.0 Å². The van der Waals surface area contributed by atoms with E-state index in [1.165, 1.54) is 0 Å². The summed E-state index contributed by atoms with van der Waals surface area (Å²) < 4.78 is 0. The Bertz CT molecular complexity index is 218. The summed E-state index contributed by atoms with van der Waals surface area (Å²) in [6.07, 6.45) is 0. The lowest BCUT2D eigenvalue weighted by Gasteiger charge is -2.31. The Kier molecular flexibility index (Phi) is 6.01. The largest absolute Gasteiger partial charge is 0.345 e. The van der Waals surface area contributed by atoms with Crippen molar-refractivity contribution in [2.24, 2.45) is 17.3 Å². The van der Waals surface area contributed by atoms with Crippen LogP contribution in [0.4, 0.5) is 0 Å². The molecule has 96 valence electrons. The predicted octanol–water partition coefficient (Wildman–Crippen LogP) is 1.98. The fourth-order valence-electron chi connectivity index (χ4n) is 1.90. The highest BCUT2D eigenvalue weighted by molar-refractivity contribution is 5.79. The first-order chi connectivity index (χ1) is 7.19. The lowest BCUT2D eigenvalue weighted by Crippen LogP contribution is -2.43. The van der Waals surface area contributed by atoms with Crippen LogP contribution in [-0.2, 0) is 4.79 Å². The van der Waals surface area contributed by atoms with Gasteiger partial charge in [0.15, 0.2) is 0 Å². The van der Waals surface area contributed by atoms with Crippen LogP contribution in [0.1, 0.15) is 34.6 Å². The van der Waals surface area contributed by atoms with E-state index in [0.29, 0.717) is 5.92 Å². The van der Waals surface area contributed by atoms with Crippen LogP contribution in [0.15, 0.2) is 0 Å². The zero-order chi connectivity index (χ0) is 12.9. The van der Waals surface area contributed by atoms with Gasteiger partial charge in [-0.1, -0.05) is 34.6 Å². The molecule has 0 saturated carbocycles. The average molecular weight is 228 g/mol. The second-order valence-electron chi connectivity index (χ2n) is 6.16. The maximum atomic E-state index is 12.2. The smallest absolute Gasteiger partial charge is 0.226 e. The van der Waals surface area contributed by atoms with Gasteiger partial charge in [-0.2, -0.15) is 0 Å². The Morgan fingerprint density at radius 1 is 1.31 bits per heavy atom. The van der Waals surface area contributed by atoms with E-state index in [0.717, 1.165) is 13.1 Å². The van der Waals surface area contributed by atoms with Crippen molar-refractivity contribution in [2.45, 2.75) is 34.6 Å². The van der Waals surface area contributed by atoms with Crippen molar-refractivity contribution in [3.05, 3.63) is 0 Å². The van der Waals surface area contributed by atoms with Crippen molar-refractivity contribution >= 4 is 5.91 Å². The van der Waals surface area contributed by atoms with E-state index < -0.39 is 0 Å². The van der Waals surface area contributed by atoms with Gasteiger partial charge in [-0.05, 0) is 18.4 Å². The average Bonchev–Trinajstić information content (AvgIpc) is 2.09. The molecule has 1 N–H and O–H groups in total. The number of nitrogens with one attached hydrogen (secondary N) is 1. The summed E-state index contributed by atoms with van der Waals surface area (Å²) in [6, 6.07) is 0. The molecule has 0 bridgehead atoms. The molecule has 0 spiro atoms. The van der Waals surface area contributed by atoms with E-state index in [9.17, 15) is 4.79 Å². The standard InChI is InChI=1S/C13H28N2O/c1-10(2)11(8-14-6)12(16)15(7)9-13(3,4)5/h10-11,14H,8-9H2,1-7H3. The fourth-order valence-corrected chi connectivity index (χ4v) is 1.90. The SMILES string of the molecule is CNCC(C(=O)N(C)CC(C)(C)C)C(C)C. The minimum Gasteiger partial charge on any atom is -0.345 e. The molecular formula is C13H28N2O. The van der Waals surface area contributed by atoms with Crippen LogP contribution in [0.2, 0.25) is 0 Å². The lowest BCUT2D eigenvalue weighted by atomic mass is 9.92. The van der Waals surface area contributed by atoms with Crippen LogP contribution < -0.4 is 5.32 Å². The van der Waals surface area contributed by atoms with Gasteiger partial charge in [0, 0.05) is 20.1 Å². The Balaban J connectivity index is 4.49. The number of carbonyl (C=O) groups is 1. The molecule has 3 nitrogen and oxygen atoms in total. The Hall–Kier alpha value is -0.570. The second-order valence-corrected chi connectivity index (χ2v) is 6.16. The molecule has 0 aliphatic rings. The molecule has 1 unspecified atom stereocenters. The highest BCUT2D eigenvalue weighted by Crippen LogP contribution is 2.18. The highest BCUT2D eigenvalue weighted by atomic mass is 16.2. The number of hydrogen-bond acceptors (Lipinski definition) is 2. The van der Waals surface area contributed by atoms with Crippen LogP contribution in [0.3, 0.4) is 0 Å². The van der Waals surface area contributed by atoms with Gasteiger partial charge in [0.1, 0.15) is 0 Å². The first-order valence-electron chi connectivity index (χ1n) is 6.08. The molecule has 1 atom stereocenters. The maximum Gasteiger partial charge on any atom is 0.226 e. The van der Waals surface area contributed by atoms with Crippen LogP contribution in [-0.4, -0.2) is 38.0 Å². The second kappa shape index (κ2) is 6.24. The van der Waals surface area contributed by atoms with Crippen molar-refractivity contribution in [1.29, 1.82) is 0 Å². The zero-order valence-electron chi connectivity index (χ0n) is 11.9. The molecule has 0 aromatic heterocycles. The third kappa shape index (κ3) is 5.50. The third-order valence-electron chi connectivity index (χ3n) is 2.63. The highest BCUT2D eigenvalue weighted by Gasteiger charge is 2.26. The number of amides is 1. The Labute approximate surface area is 101 Å². The van der Waals surface area contributed by atoms with Crippen molar-refractivity contribution in [3.63, 3.8) is 0 Å².